The van der Waals surface area contributed by atoms with Gasteiger partial charge in [0, 0.05) is 22.1 Å². The van der Waals surface area contributed by atoms with Crippen molar-refractivity contribution in [2.45, 2.75) is 59.3 Å². The summed E-state index contributed by atoms with van der Waals surface area (Å²) in [4.78, 5) is 11.8. The van der Waals surface area contributed by atoms with E-state index >= 15 is 0 Å². The molecule has 1 atom stereocenters. The third kappa shape index (κ3) is 4.58. The van der Waals surface area contributed by atoms with Gasteiger partial charge in [-0.3, -0.25) is 4.79 Å². The number of benzene rings is 3. The molecule has 4 aromatic rings. The number of aromatic nitrogens is 2. The molecule has 35 heavy (non-hydrogen) atoms. The van der Waals surface area contributed by atoms with Crippen molar-refractivity contribution in [3.63, 3.8) is 0 Å². The molecule has 1 aromatic heterocycles. The van der Waals surface area contributed by atoms with Crippen molar-refractivity contribution in [1.29, 1.82) is 0 Å². The Morgan fingerprint density at radius 1 is 0.657 bits per heavy atom. The highest BCUT2D eigenvalue weighted by atomic mass is 16.4. The molecular formula is C31H34N2O2. The lowest BCUT2D eigenvalue weighted by Crippen LogP contribution is -2.39. The first kappa shape index (κ1) is 24.6. The smallest absolute Gasteiger partial charge is 0.248 e. The molecule has 0 aliphatic heterocycles. The van der Waals surface area contributed by atoms with E-state index in [1.165, 1.54) is 5.56 Å². The van der Waals surface area contributed by atoms with Crippen LogP contribution in [0.15, 0.2) is 77.2 Å². The number of hydrogen-bond donors (Lipinski definition) is 0. The van der Waals surface area contributed by atoms with Gasteiger partial charge in [-0.25, -0.2) is 0 Å². The summed E-state index contributed by atoms with van der Waals surface area (Å²) in [5.74, 6) is 0.987. The zero-order chi connectivity index (χ0) is 25.4. The van der Waals surface area contributed by atoms with Crippen molar-refractivity contribution >= 4 is 6.29 Å². The van der Waals surface area contributed by atoms with E-state index in [0.717, 1.165) is 28.5 Å². The molecule has 3 aromatic carbocycles. The summed E-state index contributed by atoms with van der Waals surface area (Å²) in [7, 11) is 0. The predicted octanol–water partition coefficient (Wildman–Crippen LogP) is 7.87. The van der Waals surface area contributed by atoms with E-state index in [9.17, 15) is 4.79 Å². The van der Waals surface area contributed by atoms with Crippen molar-refractivity contribution in [2.24, 2.45) is 5.41 Å². The fourth-order valence-electron chi connectivity index (χ4n) is 4.56. The second-order valence-corrected chi connectivity index (χ2v) is 11.4. The molecule has 0 saturated carbocycles. The van der Waals surface area contributed by atoms with Crippen LogP contribution in [0, 0.1) is 5.41 Å². The molecule has 0 radical (unpaired) electrons. The zero-order valence-electron chi connectivity index (χ0n) is 21.7. The van der Waals surface area contributed by atoms with Gasteiger partial charge in [0.15, 0.2) is 0 Å². The van der Waals surface area contributed by atoms with Crippen LogP contribution in [0.2, 0.25) is 0 Å². The first-order valence-electron chi connectivity index (χ1n) is 12.0. The maximum absolute atomic E-state index is 11.8. The van der Waals surface area contributed by atoms with Crippen LogP contribution in [0.3, 0.4) is 0 Å². The van der Waals surface area contributed by atoms with Crippen LogP contribution in [0.5, 0.6) is 0 Å². The lowest BCUT2D eigenvalue weighted by molar-refractivity contribution is 0.111. The lowest BCUT2D eigenvalue weighted by atomic mass is 9.59. The topological polar surface area (TPSA) is 56.0 Å². The van der Waals surface area contributed by atoms with Gasteiger partial charge in [-0.1, -0.05) is 97.0 Å². The van der Waals surface area contributed by atoms with Crippen LogP contribution < -0.4 is 0 Å². The van der Waals surface area contributed by atoms with Gasteiger partial charge < -0.3 is 4.42 Å². The molecule has 4 nitrogen and oxygen atoms in total. The van der Waals surface area contributed by atoms with E-state index in [4.69, 9.17) is 4.42 Å². The second kappa shape index (κ2) is 8.92. The highest BCUT2D eigenvalue weighted by Crippen LogP contribution is 2.47. The molecule has 180 valence electrons. The number of nitrogens with zero attached hydrogens (tertiary/aromatic N) is 2. The van der Waals surface area contributed by atoms with E-state index in [-0.39, 0.29) is 16.2 Å². The van der Waals surface area contributed by atoms with Gasteiger partial charge in [0.1, 0.15) is 6.29 Å². The van der Waals surface area contributed by atoms with E-state index in [0.29, 0.717) is 17.3 Å². The summed E-state index contributed by atoms with van der Waals surface area (Å²) in [5, 5.41) is 8.58. The van der Waals surface area contributed by atoms with Gasteiger partial charge in [-0.15, -0.1) is 10.2 Å². The van der Waals surface area contributed by atoms with Gasteiger partial charge in [-0.2, -0.15) is 0 Å². The molecule has 1 heterocycles. The van der Waals surface area contributed by atoms with Gasteiger partial charge in [0.25, 0.3) is 0 Å². The van der Waals surface area contributed by atoms with Gasteiger partial charge in [-0.05, 0) is 51.8 Å². The van der Waals surface area contributed by atoms with Crippen molar-refractivity contribution in [3.05, 3.63) is 95.1 Å². The Kier molecular flexibility index (Phi) is 6.27. The second-order valence-electron chi connectivity index (χ2n) is 11.4. The van der Waals surface area contributed by atoms with Crippen LogP contribution in [0.1, 0.15) is 75.5 Å². The number of carbonyl (C=O) groups is 1. The Labute approximate surface area is 208 Å². The first-order chi connectivity index (χ1) is 16.4. The number of rotatable bonds is 5. The molecular weight excluding hydrogens is 432 g/mol. The molecule has 0 fully saturated rings. The van der Waals surface area contributed by atoms with Crippen LogP contribution in [-0.2, 0) is 10.8 Å². The molecule has 0 saturated heterocycles. The summed E-state index contributed by atoms with van der Waals surface area (Å²) in [6.45, 7) is 15.4. The van der Waals surface area contributed by atoms with Crippen molar-refractivity contribution in [2.75, 3.05) is 0 Å². The fourth-order valence-corrected chi connectivity index (χ4v) is 4.56. The first-order valence-corrected chi connectivity index (χ1v) is 12.0. The molecule has 0 bridgehead atoms. The summed E-state index contributed by atoms with van der Waals surface area (Å²) in [6.07, 6.45) is 0.946. The Morgan fingerprint density at radius 3 is 1.60 bits per heavy atom. The summed E-state index contributed by atoms with van der Waals surface area (Å²) in [5.41, 5.74) is 5.46. The maximum atomic E-state index is 11.8. The normalized spacial score (nSPS) is 13.9. The quantitative estimate of drug-likeness (QED) is 0.281. The molecule has 4 rings (SSSR count). The average molecular weight is 467 g/mol. The minimum absolute atomic E-state index is 0.0913. The molecule has 4 heteroatoms. The Hall–Kier alpha value is -3.53. The summed E-state index contributed by atoms with van der Waals surface area (Å²) < 4.78 is 6.03. The Bertz CT molecular complexity index is 1320. The highest BCUT2D eigenvalue weighted by molar-refractivity contribution is 5.78. The van der Waals surface area contributed by atoms with Gasteiger partial charge in [0.05, 0.1) is 0 Å². The zero-order valence-corrected chi connectivity index (χ0v) is 21.7. The van der Waals surface area contributed by atoms with E-state index in [2.05, 4.69) is 89.0 Å². The van der Waals surface area contributed by atoms with Crippen LogP contribution in [0.4, 0.5) is 0 Å². The van der Waals surface area contributed by atoms with E-state index in [1.807, 2.05) is 42.5 Å². The Balaban J connectivity index is 1.67. The van der Waals surface area contributed by atoms with Crippen molar-refractivity contribution in [1.82, 2.24) is 10.2 Å². The largest absolute Gasteiger partial charge is 0.416 e. The molecule has 0 aliphatic rings. The average Bonchev–Trinajstić information content (AvgIpc) is 3.33. The predicted molar refractivity (Wildman–Crippen MR) is 142 cm³/mol. The third-order valence-electron chi connectivity index (χ3n) is 7.26. The SMILES string of the molecule is CC(C)(C)c1ccc(-c2nnc(-c3ccc(C(C)(c4ccccc4C=O)C(C)(C)C)cc3)o2)cc1. The van der Waals surface area contributed by atoms with Crippen LogP contribution in [-0.4, -0.2) is 16.5 Å². The Morgan fingerprint density at radius 2 is 1.14 bits per heavy atom. The van der Waals surface area contributed by atoms with Gasteiger partial charge in [0.2, 0.25) is 11.8 Å². The highest BCUT2D eigenvalue weighted by Gasteiger charge is 2.41. The fraction of sp³-hybridized carbons (Fsp3) is 0.323. The standard InChI is InChI=1S/C31H34N2O2/c1-29(2,3)24-16-12-21(13-17-24)27-32-33-28(35-27)22-14-18-25(19-15-22)31(7,30(4,5)6)26-11-9-8-10-23(26)20-34/h8-20H,1-7H3. The maximum Gasteiger partial charge on any atom is 0.248 e. The van der Waals surface area contributed by atoms with Crippen molar-refractivity contribution < 1.29 is 9.21 Å². The number of aldehydes is 1. The minimum Gasteiger partial charge on any atom is -0.416 e. The lowest BCUT2D eigenvalue weighted by Gasteiger charge is -2.44. The van der Waals surface area contributed by atoms with Crippen LogP contribution in [0.25, 0.3) is 22.9 Å². The summed E-state index contributed by atoms with van der Waals surface area (Å²) >= 11 is 0. The monoisotopic (exact) mass is 466 g/mol. The molecule has 0 spiro atoms. The molecule has 0 aliphatic carbocycles. The van der Waals surface area contributed by atoms with Gasteiger partial charge >= 0.3 is 0 Å². The summed E-state index contributed by atoms with van der Waals surface area (Å²) in [6, 6.07) is 24.3. The van der Waals surface area contributed by atoms with Crippen LogP contribution >= 0.6 is 0 Å². The van der Waals surface area contributed by atoms with E-state index < -0.39 is 0 Å². The minimum atomic E-state index is -0.377. The number of hydrogen-bond acceptors (Lipinski definition) is 4. The van der Waals surface area contributed by atoms with Crippen molar-refractivity contribution in [3.8, 4) is 22.9 Å². The number of carbonyl (C=O) groups excluding carboxylic acids is 1. The molecule has 1 unspecified atom stereocenters. The molecule has 0 amide bonds. The third-order valence-corrected chi connectivity index (χ3v) is 7.26. The van der Waals surface area contributed by atoms with E-state index in [1.54, 1.807) is 0 Å². The molecule has 0 N–H and O–H groups in total.